The third kappa shape index (κ3) is 5.68. The SMILES string of the molecule is Cc1cccc(S(=O)(=O)N2C[C@H](CCC(=O)N3CCS(=O)(=O)CC3)Oc3ccc(-c4cccc(F)c4F)cc32)c1. The first kappa shape index (κ1) is 28.0. The van der Waals surface area contributed by atoms with E-state index in [-0.39, 0.29) is 77.3 Å². The Morgan fingerprint density at radius 2 is 1.75 bits per heavy atom. The number of halogens is 2. The topological polar surface area (TPSA) is 101 Å². The van der Waals surface area contributed by atoms with Gasteiger partial charge in [0, 0.05) is 25.1 Å². The maximum atomic E-state index is 14.6. The van der Waals surface area contributed by atoms with Gasteiger partial charge in [-0.2, -0.15) is 0 Å². The van der Waals surface area contributed by atoms with E-state index >= 15 is 0 Å². The summed E-state index contributed by atoms with van der Waals surface area (Å²) in [5.74, 6) is -2.23. The number of anilines is 1. The Morgan fingerprint density at radius 1 is 1.02 bits per heavy atom. The zero-order valence-corrected chi connectivity index (χ0v) is 23.3. The molecule has 0 aliphatic carbocycles. The Balaban J connectivity index is 1.45. The number of carbonyl (C=O) groups is 1. The monoisotopic (exact) mass is 590 g/mol. The van der Waals surface area contributed by atoms with Crippen LogP contribution in [0, 0.1) is 18.6 Å². The van der Waals surface area contributed by atoms with Gasteiger partial charge in [0.1, 0.15) is 11.9 Å². The van der Waals surface area contributed by atoms with Crippen molar-refractivity contribution in [3.8, 4) is 16.9 Å². The van der Waals surface area contributed by atoms with Gasteiger partial charge in [-0.3, -0.25) is 9.10 Å². The second-order valence-corrected chi connectivity index (χ2v) is 14.1. The summed E-state index contributed by atoms with van der Waals surface area (Å²) in [5, 5.41) is 0. The predicted octanol–water partition coefficient (Wildman–Crippen LogP) is 3.93. The number of carbonyl (C=O) groups excluding carboxylic acids is 1. The fraction of sp³-hybridized carbons (Fsp3) is 0.321. The van der Waals surface area contributed by atoms with E-state index in [4.69, 9.17) is 4.74 Å². The number of amides is 1. The molecule has 2 aliphatic rings. The highest BCUT2D eigenvalue weighted by Gasteiger charge is 2.36. The summed E-state index contributed by atoms with van der Waals surface area (Å²) in [6.07, 6.45) is -0.437. The Bertz CT molecular complexity index is 1660. The van der Waals surface area contributed by atoms with Gasteiger partial charge in [0.05, 0.1) is 28.6 Å². The fourth-order valence-electron chi connectivity index (χ4n) is 4.89. The standard InChI is InChI=1S/C28H28F2N2O6S2/c1-19-4-2-5-22(16-19)40(36,37)32-18-21(9-11-27(33)31-12-14-39(34,35)15-13-31)38-26-10-8-20(17-25(26)32)23-6-3-7-24(29)28(23)30/h2-8,10,16-17,21H,9,11-15,18H2,1H3/t21-/m0/s1. The van der Waals surface area contributed by atoms with Gasteiger partial charge in [0.25, 0.3) is 10.0 Å². The van der Waals surface area contributed by atoms with Gasteiger partial charge >= 0.3 is 0 Å². The van der Waals surface area contributed by atoms with E-state index in [1.165, 1.54) is 45.6 Å². The summed E-state index contributed by atoms with van der Waals surface area (Å²) in [5.41, 5.74) is 1.17. The van der Waals surface area contributed by atoms with Gasteiger partial charge in [0.2, 0.25) is 5.91 Å². The third-order valence-corrected chi connectivity index (χ3v) is 10.5. The van der Waals surface area contributed by atoms with Gasteiger partial charge in [-0.15, -0.1) is 0 Å². The molecule has 3 aromatic carbocycles. The van der Waals surface area contributed by atoms with Crippen LogP contribution in [0.1, 0.15) is 18.4 Å². The summed E-state index contributed by atoms with van der Waals surface area (Å²) >= 11 is 0. The molecule has 3 aromatic rings. The molecule has 12 heteroatoms. The lowest BCUT2D eigenvalue weighted by molar-refractivity contribution is -0.131. The first-order valence-corrected chi connectivity index (χ1v) is 16.0. The van der Waals surface area contributed by atoms with Crippen molar-refractivity contribution in [3.05, 3.63) is 77.9 Å². The molecule has 5 rings (SSSR count). The van der Waals surface area contributed by atoms with Crippen molar-refractivity contribution in [2.45, 2.75) is 30.8 Å². The highest BCUT2D eigenvalue weighted by molar-refractivity contribution is 7.93. The fourth-order valence-corrected chi connectivity index (χ4v) is 7.70. The summed E-state index contributed by atoms with van der Waals surface area (Å²) in [7, 11) is -7.23. The molecular weight excluding hydrogens is 562 g/mol. The maximum absolute atomic E-state index is 14.6. The highest BCUT2D eigenvalue weighted by atomic mass is 32.2. The van der Waals surface area contributed by atoms with E-state index in [1.807, 2.05) is 0 Å². The van der Waals surface area contributed by atoms with Crippen LogP contribution in [0.25, 0.3) is 11.1 Å². The van der Waals surface area contributed by atoms with Gasteiger partial charge in [0.15, 0.2) is 21.5 Å². The van der Waals surface area contributed by atoms with Crippen LogP contribution >= 0.6 is 0 Å². The third-order valence-electron chi connectivity index (χ3n) is 7.11. The highest BCUT2D eigenvalue weighted by Crippen LogP contribution is 2.41. The van der Waals surface area contributed by atoms with Crippen molar-refractivity contribution in [2.24, 2.45) is 0 Å². The summed E-state index contributed by atoms with van der Waals surface area (Å²) < 4.78 is 86.9. The van der Waals surface area contributed by atoms with E-state index in [0.29, 0.717) is 0 Å². The largest absolute Gasteiger partial charge is 0.486 e. The molecule has 1 fully saturated rings. The molecule has 1 atom stereocenters. The molecule has 1 amide bonds. The minimum atomic E-state index is -4.10. The Labute approximate surface area is 232 Å². The van der Waals surface area contributed by atoms with Crippen molar-refractivity contribution in [2.75, 3.05) is 35.4 Å². The number of aryl methyl sites for hydroxylation is 1. The molecule has 212 valence electrons. The number of sulfone groups is 1. The van der Waals surface area contributed by atoms with E-state index < -0.39 is 37.6 Å². The van der Waals surface area contributed by atoms with E-state index in [9.17, 15) is 30.4 Å². The molecule has 0 spiro atoms. The van der Waals surface area contributed by atoms with Gasteiger partial charge in [-0.05, 0) is 54.8 Å². The molecule has 0 bridgehead atoms. The number of sulfonamides is 1. The van der Waals surface area contributed by atoms with E-state index in [2.05, 4.69) is 0 Å². The van der Waals surface area contributed by atoms with E-state index in [1.54, 1.807) is 25.1 Å². The Hall–Kier alpha value is -3.51. The predicted molar refractivity (Wildman–Crippen MR) is 146 cm³/mol. The van der Waals surface area contributed by atoms with Crippen molar-refractivity contribution < 1.29 is 35.1 Å². The normalized spacial score (nSPS) is 18.6. The quantitative estimate of drug-likeness (QED) is 0.431. The van der Waals surface area contributed by atoms with Gasteiger partial charge in [-0.1, -0.05) is 30.3 Å². The molecule has 8 nitrogen and oxygen atoms in total. The number of hydrogen-bond donors (Lipinski definition) is 0. The van der Waals surface area contributed by atoms with Crippen molar-refractivity contribution in [1.29, 1.82) is 0 Å². The lowest BCUT2D eigenvalue weighted by Crippen LogP contribution is -2.46. The Morgan fingerprint density at radius 3 is 2.48 bits per heavy atom. The first-order valence-electron chi connectivity index (χ1n) is 12.8. The zero-order valence-electron chi connectivity index (χ0n) is 21.7. The zero-order chi connectivity index (χ0) is 28.7. The number of benzene rings is 3. The molecule has 0 unspecified atom stereocenters. The minimum absolute atomic E-state index is 0.0213. The van der Waals surface area contributed by atoms with Gasteiger partial charge < -0.3 is 9.64 Å². The lowest BCUT2D eigenvalue weighted by atomic mass is 10.0. The van der Waals surface area contributed by atoms with Crippen LogP contribution in [0.2, 0.25) is 0 Å². The second-order valence-electron chi connectivity index (χ2n) is 9.95. The minimum Gasteiger partial charge on any atom is -0.486 e. The van der Waals surface area contributed by atoms with Crippen molar-refractivity contribution in [1.82, 2.24) is 4.90 Å². The molecular formula is C28H28F2N2O6S2. The molecule has 1 saturated heterocycles. The van der Waals surface area contributed by atoms with Crippen LogP contribution in [0.5, 0.6) is 5.75 Å². The number of ether oxygens (including phenoxy) is 1. The maximum Gasteiger partial charge on any atom is 0.264 e. The molecule has 2 heterocycles. The molecule has 2 aliphatic heterocycles. The smallest absolute Gasteiger partial charge is 0.264 e. The van der Waals surface area contributed by atoms with Crippen molar-refractivity contribution >= 4 is 31.5 Å². The lowest BCUT2D eigenvalue weighted by Gasteiger charge is -2.36. The van der Waals surface area contributed by atoms with E-state index in [0.717, 1.165) is 11.6 Å². The summed E-state index contributed by atoms with van der Waals surface area (Å²) in [6, 6.07) is 14.7. The van der Waals surface area contributed by atoms with Crippen LogP contribution in [0.15, 0.2) is 65.6 Å². The number of nitrogens with zero attached hydrogens (tertiary/aromatic N) is 2. The number of rotatable bonds is 6. The van der Waals surface area contributed by atoms with Crippen molar-refractivity contribution in [3.63, 3.8) is 0 Å². The number of hydrogen-bond acceptors (Lipinski definition) is 6. The second kappa shape index (κ2) is 10.8. The summed E-state index contributed by atoms with van der Waals surface area (Å²) in [6.45, 7) is 1.92. The van der Waals surface area contributed by atoms with Crippen LogP contribution in [-0.2, 0) is 24.7 Å². The summed E-state index contributed by atoms with van der Waals surface area (Å²) in [4.78, 5) is 14.3. The van der Waals surface area contributed by atoms with Crippen LogP contribution in [0.3, 0.4) is 0 Å². The molecule has 0 saturated carbocycles. The average Bonchev–Trinajstić information content (AvgIpc) is 2.92. The molecule has 0 aromatic heterocycles. The van der Waals surface area contributed by atoms with Crippen LogP contribution in [0.4, 0.5) is 14.5 Å². The molecule has 0 radical (unpaired) electrons. The average molecular weight is 591 g/mol. The Kier molecular flexibility index (Phi) is 7.58. The van der Waals surface area contributed by atoms with Crippen LogP contribution in [-0.4, -0.2) is 64.9 Å². The molecule has 0 N–H and O–H groups in total. The van der Waals surface area contributed by atoms with Crippen LogP contribution < -0.4 is 9.04 Å². The van der Waals surface area contributed by atoms with Gasteiger partial charge in [-0.25, -0.2) is 25.6 Å². The number of fused-ring (bicyclic) bond motifs is 1. The molecule has 40 heavy (non-hydrogen) atoms. The first-order chi connectivity index (χ1) is 18.9.